The minimum absolute atomic E-state index is 0. The van der Waals surface area contributed by atoms with Crippen molar-refractivity contribution in [1.29, 1.82) is 0 Å². The van der Waals surface area contributed by atoms with Gasteiger partial charge in [0.15, 0.2) is 0 Å². The van der Waals surface area contributed by atoms with Gasteiger partial charge in [-0.3, -0.25) is 0 Å². The summed E-state index contributed by atoms with van der Waals surface area (Å²) < 4.78 is 0. The van der Waals surface area contributed by atoms with Crippen molar-refractivity contribution in [3.05, 3.63) is 0 Å². The van der Waals surface area contributed by atoms with Gasteiger partial charge in [-0.15, -0.1) is 0 Å². The van der Waals surface area contributed by atoms with Crippen LogP contribution in [0.2, 0.25) is 0 Å². The van der Waals surface area contributed by atoms with Crippen molar-refractivity contribution in [2.45, 2.75) is 0 Å². The zero-order chi connectivity index (χ0) is 0. The molecule has 17 heavy (non-hydrogen) atoms. The molecule has 0 spiro atoms. The van der Waals surface area contributed by atoms with Crippen molar-refractivity contribution in [3.63, 3.8) is 0 Å². The Morgan fingerprint density at radius 2 is 0.176 bits per heavy atom. The summed E-state index contributed by atoms with van der Waals surface area (Å²) in [4.78, 5) is 0. The average molecular weight is 1050 g/mol. The zero-order valence-corrected chi connectivity index (χ0v) is 20.5. The third kappa shape index (κ3) is 323. The fourth-order valence-electron chi connectivity index (χ4n) is 0. The number of rotatable bonds is 0. The molecule has 0 amide bonds. The maximum absolute atomic E-state index is 0. The first-order chi connectivity index (χ1) is 0. The first-order valence-corrected chi connectivity index (χ1v) is 0. The van der Waals surface area contributed by atoms with Crippen LogP contribution in [0, 0.1) is 98.8 Å². The third-order valence-corrected chi connectivity index (χ3v) is 0. The van der Waals surface area contributed by atoms with Crippen LogP contribution in [-0.2, 0) is 129 Å². The van der Waals surface area contributed by atoms with Gasteiger partial charge >= 0.3 is 98.8 Å². The minimum Gasteiger partial charge on any atom is -2.00 e. The summed E-state index contributed by atoms with van der Waals surface area (Å²) in [5.41, 5.74) is 0. The predicted octanol–water partition coefficient (Wildman–Crippen LogP) is -1.43. The van der Waals surface area contributed by atoms with Crippen molar-refractivity contribution in [2.75, 3.05) is 0 Å². The van der Waals surface area contributed by atoms with Crippen LogP contribution in [-0.4, -0.2) is 0 Å². The Balaban J connectivity index is 0. The van der Waals surface area contributed by atoms with E-state index in [0.29, 0.717) is 0 Å². The Bertz CT molecular complexity index is 19.7. The molecular weight excluding hydrogens is 1050 g/mol. The van der Waals surface area contributed by atoms with E-state index in [1.165, 1.54) is 0 Å². The molecule has 17 heteroatoms. The molecule has 0 bridgehead atoms. The third-order valence-electron chi connectivity index (χ3n) is 0. The van der Waals surface area contributed by atoms with Gasteiger partial charge in [-0.2, -0.15) is 0 Å². The maximum atomic E-state index is 0. The monoisotopic (exact) mass is 1050 g/mol. The van der Waals surface area contributed by atoms with Gasteiger partial charge in [0, 0.05) is 63.2 Å². The van der Waals surface area contributed by atoms with Gasteiger partial charge in [0.05, 0.1) is 0 Å². The molecule has 0 aliphatic heterocycles. The number of hydrogen-bond donors (Lipinski definition) is 0. The SMILES string of the molecule is [Eu+3].[Eu+3].[O-2].[O-2].[O-2].[O-2].[O-2].[O-2].[O-2].[O-2].[O-2].[O-2].[O-2].[O-2].[W].[W].[W]. The maximum Gasteiger partial charge on any atom is 3.00 e. The molecule has 12 nitrogen and oxygen atoms in total. The molecule has 0 atom stereocenters. The van der Waals surface area contributed by atoms with E-state index in [-0.39, 0.29) is 228 Å². The second-order valence-electron chi connectivity index (χ2n) is 0. The van der Waals surface area contributed by atoms with Gasteiger partial charge in [0.1, 0.15) is 0 Å². The first kappa shape index (κ1) is 415. The Labute approximate surface area is 222 Å². The predicted molar refractivity (Wildman–Crippen MR) is 8.24 cm³/mol. The van der Waals surface area contributed by atoms with E-state index in [4.69, 9.17) is 0 Å². The van der Waals surface area contributed by atoms with E-state index in [9.17, 15) is 0 Å². The summed E-state index contributed by atoms with van der Waals surface area (Å²) >= 11 is 0. The van der Waals surface area contributed by atoms with Gasteiger partial charge in [-0.1, -0.05) is 0 Å². The van der Waals surface area contributed by atoms with Gasteiger partial charge < -0.3 is 65.7 Å². The average Bonchev–Trinajstić information content (AvgIpc) is 0. The quantitative estimate of drug-likeness (QED) is 0.270. The van der Waals surface area contributed by atoms with Gasteiger partial charge in [0.25, 0.3) is 0 Å². The molecule has 0 aliphatic carbocycles. The van der Waals surface area contributed by atoms with Crippen LogP contribution in [0.5, 0.6) is 0 Å². The first-order valence-electron chi connectivity index (χ1n) is 0. The molecule has 0 aromatic heterocycles. The van der Waals surface area contributed by atoms with Crippen molar-refractivity contribution in [1.82, 2.24) is 0 Å². The van der Waals surface area contributed by atoms with E-state index in [0.717, 1.165) is 0 Å². The molecule has 0 radical (unpaired) electrons. The van der Waals surface area contributed by atoms with E-state index in [2.05, 4.69) is 0 Å². The fourth-order valence-corrected chi connectivity index (χ4v) is 0. The minimum atomic E-state index is 0. The van der Waals surface area contributed by atoms with E-state index < -0.39 is 0 Å². The van der Waals surface area contributed by atoms with Gasteiger partial charge in [-0.05, 0) is 0 Å². The summed E-state index contributed by atoms with van der Waals surface area (Å²) in [7, 11) is 0. The van der Waals surface area contributed by atoms with Gasteiger partial charge in [-0.25, -0.2) is 0 Å². The van der Waals surface area contributed by atoms with Gasteiger partial charge in [0.2, 0.25) is 0 Å². The summed E-state index contributed by atoms with van der Waals surface area (Å²) in [6.45, 7) is 0. The van der Waals surface area contributed by atoms with Crippen molar-refractivity contribution in [2.24, 2.45) is 0 Å². The van der Waals surface area contributed by atoms with E-state index in [1.807, 2.05) is 0 Å². The molecule has 0 saturated heterocycles. The molecular formula is Eu2O12W3-18. The molecule has 0 saturated carbocycles. The molecule has 0 aromatic rings. The Kier molecular flexibility index (Phi) is 8740. The van der Waals surface area contributed by atoms with Crippen molar-refractivity contribution < 1.29 is 228 Å². The Morgan fingerprint density at radius 1 is 0.176 bits per heavy atom. The normalized spacial score (nSPS) is 0. The van der Waals surface area contributed by atoms with Crippen LogP contribution in [0.3, 0.4) is 0 Å². The second kappa shape index (κ2) is 358. The molecule has 0 N–H and O–H groups in total. The largest absolute Gasteiger partial charge is 3.00 e. The van der Waals surface area contributed by atoms with Crippen LogP contribution >= 0.6 is 0 Å². The smallest absolute Gasteiger partial charge is 2.00 e. The van der Waals surface area contributed by atoms with Crippen LogP contribution in [0.1, 0.15) is 0 Å². The Morgan fingerprint density at radius 3 is 0.176 bits per heavy atom. The number of hydrogen-bond acceptors (Lipinski definition) is 0. The van der Waals surface area contributed by atoms with Crippen LogP contribution in [0.25, 0.3) is 0 Å². The molecule has 0 aliphatic rings. The topological polar surface area (TPSA) is 342 Å². The summed E-state index contributed by atoms with van der Waals surface area (Å²) in [5.74, 6) is 0. The molecule has 0 fully saturated rings. The molecule has 0 aromatic carbocycles. The summed E-state index contributed by atoms with van der Waals surface area (Å²) in [6, 6.07) is 0. The second-order valence-corrected chi connectivity index (χ2v) is 0. The van der Waals surface area contributed by atoms with Crippen LogP contribution in [0.15, 0.2) is 0 Å². The van der Waals surface area contributed by atoms with Crippen molar-refractivity contribution >= 4 is 0 Å². The molecule has 0 heterocycles. The van der Waals surface area contributed by atoms with E-state index >= 15 is 0 Å². The summed E-state index contributed by atoms with van der Waals surface area (Å²) in [6.07, 6.45) is 0. The Hall–Kier alpha value is 4.75. The van der Waals surface area contributed by atoms with Crippen LogP contribution in [0.4, 0.5) is 0 Å². The fraction of sp³-hybridized carbons (Fsp3) is 0. The molecule has 0 rings (SSSR count). The zero-order valence-electron chi connectivity index (χ0n) is 6.88. The molecule has 122 valence electrons. The van der Waals surface area contributed by atoms with E-state index in [1.54, 1.807) is 0 Å². The standard InChI is InChI=1S/2Eu.12O.3W/q2*+3;12*-2;;;. The molecule has 0 unspecified atom stereocenters. The summed E-state index contributed by atoms with van der Waals surface area (Å²) in [5, 5.41) is 0. The van der Waals surface area contributed by atoms with Crippen LogP contribution < -0.4 is 0 Å². The van der Waals surface area contributed by atoms with Crippen molar-refractivity contribution in [3.8, 4) is 0 Å².